The van der Waals surface area contributed by atoms with E-state index in [-0.39, 0.29) is 5.91 Å². The first-order chi connectivity index (χ1) is 12.0. The smallest absolute Gasteiger partial charge is 0.265 e. The maximum absolute atomic E-state index is 12.3. The molecule has 0 aliphatic rings. The highest BCUT2D eigenvalue weighted by Crippen LogP contribution is 2.30. The molecule has 2 rings (SSSR count). The van der Waals surface area contributed by atoms with E-state index in [1.165, 1.54) is 0 Å². The fraction of sp³-hybridized carbons (Fsp3) is 0.316. The minimum Gasteiger partial charge on any atom is -0.490 e. The fourth-order valence-electron chi connectivity index (χ4n) is 2.14. The van der Waals surface area contributed by atoms with Crippen LogP contribution in [-0.4, -0.2) is 25.2 Å². The Labute approximate surface area is 152 Å². The van der Waals surface area contributed by atoms with Gasteiger partial charge in [-0.2, -0.15) is 0 Å². The van der Waals surface area contributed by atoms with Gasteiger partial charge in [0.2, 0.25) is 0 Å². The Kier molecular flexibility index (Phi) is 6.95. The van der Waals surface area contributed by atoms with Crippen LogP contribution in [0.25, 0.3) is 0 Å². The molecule has 1 amide bonds. The second kappa shape index (κ2) is 9.18. The van der Waals surface area contributed by atoms with E-state index in [2.05, 4.69) is 5.32 Å². The van der Waals surface area contributed by atoms with Crippen LogP contribution in [-0.2, 0) is 4.79 Å². The molecule has 0 aromatic heterocycles. The zero-order chi connectivity index (χ0) is 18.2. The molecule has 1 unspecified atom stereocenters. The predicted molar refractivity (Wildman–Crippen MR) is 99.0 cm³/mol. The number of hydrogen-bond donors (Lipinski definition) is 1. The van der Waals surface area contributed by atoms with Crippen LogP contribution in [0.4, 0.5) is 5.69 Å². The number of amides is 1. The van der Waals surface area contributed by atoms with Gasteiger partial charge in [0.1, 0.15) is 5.75 Å². The summed E-state index contributed by atoms with van der Waals surface area (Å²) >= 11 is 5.84. The van der Waals surface area contributed by atoms with Gasteiger partial charge in [0, 0.05) is 16.8 Å². The predicted octanol–water partition coefficient (Wildman–Crippen LogP) is 4.54. The number of benzene rings is 2. The molecule has 0 aliphatic heterocycles. The number of carbonyl (C=O) groups is 1. The summed E-state index contributed by atoms with van der Waals surface area (Å²) in [4.78, 5) is 12.3. The lowest BCUT2D eigenvalue weighted by molar-refractivity contribution is -0.122. The summed E-state index contributed by atoms with van der Waals surface area (Å²) in [6, 6.07) is 12.1. The maximum atomic E-state index is 12.3. The summed E-state index contributed by atoms with van der Waals surface area (Å²) in [7, 11) is 0. The Morgan fingerprint density at radius 2 is 1.68 bits per heavy atom. The van der Waals surface area contributed by atoms with Crippen molar-refractivity contribution >= 4 is 23.2 Å². The molecule has 0 saturated carbocycles. The first-order valence-corrected chi connectivity index (χ1v) is 8.54. The maximum Gasteiger partial charge on any atom is 0.265 e. The zero-order valence-corrected chi connectivity index (χ0v) is 15.3. The Hall–Kier alpha value is -2.40. The van der Waals surface area contributed by atoms with Crippen molar-refractivity contribution in [3.63, 3.8) is 0 Å². The van der Waals surface area contributed by atoms with Gasteiger partial charge in [0.15, 0.2) is 17.6 Å². The largest absolute Gasteiger partial charge is 0.490 e. The number of nitrogens with one attached hydrogen (secondary N) is 1. The van der Waals surface area contributed by atoms with Gasteiger partial charge < -0.3 is 19.5 Å². The lowest BCUT2D eigenvalue weighted by atomic mass is 10.2. The Balaban J connectivity index is 2.03. The second-order valence-electron chi connectivity index (χ2n) is 5.23. The minimum absolute atomic E-state index is 0.262. The van der Waals surface area contributed by atoms with Crippen LogP contribution in [0, 0.1) is 0 Å². The summed E-state index contributed by atoms with van der Waals surface area (Å²) in [5, 5.41) is 3.43. The zero-order valence-electron chi connectivity index (χ0n) is 14.5. The van der Waals surface area contributed by atoms with E-state index in [1.807, 2.05) is 13.8 Å². The van der Waals surface area contributed by atoms with Crippen molar-refractivity contribution in [3.05, 3.63) is 47.5 Å². The van der Waals surface area contributed by atoms with E-state index in [4.69, 9.17) is 25.8 Å². The van der Waals surface area contributed by atoms with Crippen molar-refractivity contribution in [1.82, 2.24) is 0 Å². The molecule has 0 heterocycles. The monoisotopic (exact) mass is 363 g/mol. The normalized spacial score (nSPS) is 11.5. The number of ether oxygens (including phenoxy) is 3. The summed E-state index contributed by atoms with van der Waals surface area (Å²) in [5.41, 5.74) is 0.614. The molecule has 134 valence electrons. The summed E-state index contributed by atoms with van der Waals surface area (Å²) in [6.45, 7) is 6.53. The number of anilines is 1. The molecule has 6 heteroatoms. The van der Waals surface area contributed by atoms with Gasteiger partial charge in [-0.05, 0) is 57.2 Å². The molecule has 0 spiro atoms. The molecule has 0 aliphatic carbocycles. The summed E-state index contributed by atoms with van der Waals surface area (Å²) in [6.07, 6.45) is -0.664. The van der Waals surface area contributed by atoms with Gasteiger partial charge in [0.05, 0.1) is 13.2 Å². The van der Waals surface area contributed by atoms with Crippen molar-refractivity contribution in [2.75, 3.05) is 18.5 Å². The van der Waals surface area contributed by atoms with Crippen molar-refractivity contribution < 1.29 is 19.0 Å². The summed E-state index contributed by atoms with van der Waals surface area (Å²) < 4.78 is 16.7. The first-order valence-electron chi connectivity index (χ1n) is 8.16. The van der Waals surface area contributed by atoms with E-state index in [0.29, 0.717) is 41.2 Å². The average molecular weight is 364 g/mol. The van der Waals surface area contributed by atoms with Gasteiger partial charge in [0.25, 0.3) is 5.91 Å². The molecule has 0 radical (unpaired) electrons. The number of carbonyl (C=O) groups excluding carboxylic acids is 1. The van der Waals surface area contributed by atoms with Crippen molar-refractivity contribution in [2.24, 2.45) is 0 Å². The number of hydrogen-bond acceptors (Lipinski definition) is 4. The Morgan fingerprint density at radius 3 is 2.32 bits per heavy atom. The molecular weight excluding hydrogens is 342 g/mol. The lowest BCUT2D eigenvalue weighted by Gasteiger charge is -2.16. The fourth-order valence-corrected chi connectivity index (χ4v) is 2.27. The van der Waals surface area contributed by atoms with Crippen LogP contribution in [0.15, 0.2) is 42.5 Å². The topological polar surface area (TPSA) is 56.8 Å². The third kappa shape index (κ3) is 5.57. The number of halogens is 1. The van der Waals surface area contributed by atoms with E-state index >= 15 is 0 Å². The standard InChI is InChI=1S/C19H22ClNO4/c1-4-23-17-11-8-15(12-18(17)24-5-2)21-19(22)13(3)25-16-9-6-14(20)7-10-16/h6-13H,4-5H2,1-3H3,(H,21,22). The highest BCUT2D eigenvalue weighted by Gasteiger charge is 2.16. The van der Waals surface area contributed by atoms with Gasteiger partial charge >= 0.3 is 0 Å². The number of rotatable bonds is 8. The molecule has 2 aromatic rings. The van der Waals surface area contributed by atoms with Gasteiger partial charge in [-0.15, -0.1) is 0 Å². The Morgan fingerprint density at radius 1 is 1.04 bits per heavy atom. The quantitative estimate of drug-likeness (QED) is 0.747. The van der Waals surface area contributed by atoms with Gasteiger partial charge in [-0.3, -0.25) is 4.79 Å². The molecule has 1 N–H and O–H groups in total. The van der Waals surface area contributed by atoms with Crippen LogP contribution < -0.4 is 19.5 Å². The Bertz CT molecular complexity index is 703. The van der Waals surface area contributed by atoms with E-state index in [0.717, 1.165) is 0 Å². The van der Waals surface area contributed by atoms with Crippen LogP contribution in [0.1, 0.15) is 20.8 Å². The third-order valence-electron chi connectivity index (χ3n) is 3.31. The highest BCUT2D eigenvalue weighted by atomic mass is 35.5. The van der Waals surface area contributed by atoms with Crippen LogP contribution >= 0.6 is 11.6 Å². The molecule has 0 fully saturated rings. The third-order valence-corrected chi connectivity index (χ3v) is 3.56. The molecule has 25 heavy (non-hydrogen) atoms. The highest BCUT2D eigenvalue weighted by molar-refractivity contribution is 6.30. The van der Waals surface area contributed by atoms with E-state index < -0.39 is 6.10 Å². The minimum atomic E-state index is -0.664. The van der Waals surface area contributed by atoms with Crippen molar-refractivity contribution in [2.45, 2.75) is 26.9 Å². The first kappa shape index (κ1) is 18.9. The van der Waals surface area contributed by atoms with Gasteiger partial charge in [-0.1, -0.05) is 11.6 Å². The molecule has 0 saturated heterocycles. The van der Waals surface area contributed by atoms with Crippen molar-refractivity contribution in [1.29, 1.82) is 0 Å². The average Bonchev–Trinajstić information content (AvgIpc) is 2.59. The van der Waals surface area contributed by atoms with Crippen LogP contribution in [0.5, 0.6) is 17.2 Å². The summed E-state index contributed by atoms with van der Waals surface area (Å²) in [5.74, 6) is 1.55. The lowest BCUT2D eigenvalue weighted by Crippen LogP contribution is -2.30. The molecular formula is C19H22ClNO4. The van der Waals surface area contributed by atoms with E-state index in [9.17, 15) is 4.79 Å². The van der Waals surface area contributed by atoms with Crippen molar-refractivity contribution in [3.8, 4) is 17.2 Å². The van der Waals surface area contributed by atoms with E-state index in [1.54, 1.807) is 49.4 Å². The second-order valence-corrected chi connectivity index (χ2v) is 5.67. The molecule has 5 nitrogen and oxygen atoms in total. The van der Waals surface area contributed by atoms with Gasteiger partial charge in [-0.25, -0.2) is 0 Å². The SMILES string of the molecule is CCOc1ccc(NC(=O)C(C)Oc2ccc(Cl)cc2)cc1OCC. The molecule has 0 bridgehead atoms. The molecule has 2 aromatic carbocycles. The molecule has 1 atom stereocenters. The van der Waals surface area contributed by atoms with Crippen LogP contribution in [0.2, 0.25) is 5.02 Å². The van der Waals surface area contributed by atoms with Crippen LogP contribution in [0.3, 0.4) is 0 Å².